The maximum absolute atomic E-state index is 11.6. The molecule has 0 unspecified atom stereocenters. The highest BCUT2D eigenvalue weighted by molar-refractivity contribution is 5.96. The minimum atomic E-state index is -0.630. The van der Waals surface area contributed by atoms with E-state index in [1.165, 1.54) is 0 Å². The number of methoxy groups -OCH3 is 2. The van der Waals surface area contributed by atoms with E-state index in [1.807, 2.05) is 36.4 Å². The first-order valence-electron chi connectivity index (χ1n) is 6.77. The summed E-state index contributed by atoms with van der Waals surface area (Å²) < 4.78 is 10.4. The molecule has 116 valence electrons. The van der Waals surface area contributed by atoms with Crippen molar-refractivity contribution < 1.29 is 14.3 Å². The highest BCUT2D eigenvalue weighted by Gasteiger charge is 2.07. The zero-order valence-electron chi connectivity index (χ0n) is 12.8. The van der Waals surface area contributed by atoms with Crippen molar-refractivity contribution in [2.45, 2.75) is 0 Å². The van der Waals surface area contributed by atoms with Crippen LogP contribution in [0, 0.1) is 0 Å². The molecule has 0 fully saturated rings. The van der Waals surface area contributed by atoms with Gasteiger partial charge >= 0.3 is 0 Å². The molecule has 23 heavy (non-hydrogen) atoms. The van der Waals surface area contributed by atoms with Crippen LogP contribution >= 0.6 is 0 Å². The van der Waals surface area contributed by atoms with Gasteiger partial charge in [-0.3, -0.25) is 4.79 Å². The van der Waals surface area contributed by atoms with E-state index in [4.69, 9.17) is 15.0 Å². The topological polar surface area (TPSA) is 84.3 Å². The lowest BCUT2D eigenvalue weighted by molar-refractivity contribution is 0.100. The van der Waals surface area contributed by atoms with Crippen molar-refractivity contribution in [3.8, 4) is 11.5 Å². The summed E-state index contributed by atoms with van der Waals surface area (Å²) in [6.45, 7) is 0. The number of ether oxygens (including phenoxy) is 2. The molecule has 0 bridgehead atoms. The third kappa shape index (κ3) is 4.12. The van der Waals surface area contributed by atoms with E-state index in [-0.39, 0.29) is 0 Å². The molecule has 0 N–H and O–H groups in total. The smallest absolute Gasteiger partial charge is 0.249 e. The maximum Gasteiger partial charge on any atom is 0.249 e. The second-order valence-corrected chi connectivity index (χ2v) is 4.56. The third-order valence-corrected chi connectivity index (χ3v) is 3.18. The van der Waals surface area contributed by atoms with Crippen LogP contribution in [0.3, 0.4) is 0 Å². The number of amides is 1. The molecule has 0 aliphatic heterocycles. The van der Waals surface area contributed by atoms with Crippen LogP contribution in [0.15, 0.2) is 47.6 Å². The Labute approximate surface area is 133 Å². The van der Waals surface area contributed by atoms with Crippen molar-refractivity contribution in [1.82, 2.24) is 0 Å². The number of nitrogens with zero attached hydrogens (tertiary/aromatic N) is 3. The lowest BCUT2D eigenvalue weighted by atomic mass is 10.1. The second kappa shape index (κ2) is 7.68. The van der Waals surface area contributed by atoms with Gasteiger partial charge in [0.1, 0.15) is 11.5 Å². The standard InChI is InChI=1S/C17H15N3O3/c1-22-15-8-4-12(5-9-15)3-6-13-11-14(17(21)19-20-18)7-10-16(13)23-2/h3-11H,1-2H3/b6-3+. The molecule has 2 aromatic carbocycles. The molecule has 6 nitrogen and oxygen atoms in total. The maximum atomic E-state index is 11.6. The van der Waals surface area contributed by atoms with E-state index < -0.39 is 5.91 Å². The number of hydrogen-bond acceptors (Lipinski definition) is 3. The van der Waals surface area contributed by atoms with Crippen LogP contribution in [-0.4, -0.2) is 20.1 Å². The fraction of sp³-hybridized carbons (Fsp3) is 0.118. The van der Waals surface area contributed by atoms with Gasteiger partial charge in [0.25, 0.3) is 0 Å². The molecule has 0 aliphatic rings. The Kier molecular flexibility index (Phi) is 5.39. The number of rotatable bonds is 5. The molecule has 6 heteroatoms. The van der Waals surface area contributed by atoms with Gasteiger partial charge in [0, 0.05) is 16.0 Å². The van der Waals surface area contributed by atoms with Crippen LogP contribution in [0.5, 0.6) is 11.5 Å². The van der Waals surface area contributed by atoms with Crippen LogP contribution < -0.4 is 9.47 Å². The molecule has 2 aromatic rings. The van der Waals surface area contributed by atoms with Crippen molar-refractivity contribution in [3.05, 3.63) is 69.6 Å². The van der Waals surface area contributed by atoms with Gasteiger partial charge in [-0.1, -0.05) is 24.3 Å². The van der Waals surface area contributed by atoms with E-state index in [0.29, 0.717) is 16.9 Å². The van der Waals surface area contributed by atoms with Crippen molar-refractivity contribution in [1.29, 1.82) is 0 Å². The number of hydrogen-bond donors (Lipinski definition) is 0. The first kappa shape index (κ1) is 16.1. The molecule has 0 aliphatic carbocycles. The molecule has 0 spiro atoms. The monoisotopic (exact) mass is 309 g/mol. The van der Waals surface area contributed by atoms with Crippen molar-refractivity contribution in [2.24, 2.45) is 5.11 Å². The van der Waals surface area contributed by atoms with Gasteiger partial charge in [-0.2, -0.15) is 0 Å². The highest BCUT2D eigenvalue weighted by atomic mass is 16.5. The Balaban J connectivity index is 2.32. The highest BCUT2D eigenvalue weighted by Crippen LogP contribution is 2.23. The fourth-order valence-electron chi connectivity index (χ4n) is 2.00. The Morgan fingerprint density at radius 2 is 1.83 bits per heavy atom. The van der Waals surface area contributed by atoms with Gasteiger partial charge in [-0.15, -0.1) is 0 Å². The number of azide groups is 1. The van der Waals surface area contributed by atoms with Crippen LogP contribution in [0.2, 0.25) is 0 Å². The van der Waals surface area contributed by atoms with E-state index in [0.717, 1.165) is 11.3 Å². The second-order valence-electron chi connectivity index (χ2n) is 4.56. The molecule has 2 rings (SSSR count). The van der Waals surface area contributed by atoms with Crippen LogP contribution in [0.25, 0.3) is 22.6 Å². The van der Waals surface area contributed by atoms with Crippen LogP contribution in [0.1, 0.15) is 21.5 Å². The first-order chi connectivity index (χ1) is 11.2. The molecule has 0 radical (unpaired) electrons. The molecule has 0 atom stereocenters. The lowest BCUT2D eigenvalue weighted by Gasteiger charge is -2.06. The average Bonchev–Trinajstić information content (AvgIpc) is 2.60. The number of carbonyl (C=O) groups excluding carboxylic acids is 1. The van der Waals surface area contributed by atoms with E-state index in [2.05, 4.69) is 10.0 Å². The van der Waals surface area contributed by atoms with Gasteiger partial charge in [0.15, 0.2) is 0 Å². The Morgan fingerprint density at radius 3 is 2.43 bits per heavy atom. The molecule has 0 saturated carbocycles. The van der Waals surface area contributed by atoms with Gasteiger partial charge in [-0.05, 0) is 46.5 Å². The zero-order chi connectivity index (χ0) is 16.7. The molecule has 1 amide bonds. The van der Waals surface area contributed by atoms with Crippen LogP contribution in [-0.2, 0) is 0 Å². The van der Waals surface area contributed by atoms with E-state index >= 15 is 0 Å². The normalized spacial score (nSPS) is 10.2. The molecular weight excluding hydrogens is 294 g/mol. The van der Waals surface area contributed by atoms with E-state index in [9.17, 15) is 4.79 Å². The van der Waals surface area contributed by atoms with E-state index in [1.54, 1.807) is 32.4 Å². The van der Waals surface area contributed by atoms with Gasteiger partial charge in [-0.25, -0.2) is 0 Å². The summed E-state index contributed by atoms with van der Waals surface area (Å²) in [5, 5.41) is 3.09. The lowest BCUT2D eigenvalue weighted by Crippen LogP contribution is -1.95. The number of carbonyl (C=O) groups is 1. The molecule has 0 aromatic heterocycles. The quantitative estimate of drug-likeness (QED) is 0.357. The third-order valence-electron chi connectivity index (χ3n) is 3.18. The van der Waals surface area contributed by atoms with Crippen molar-refractivity contribution in [2.75, 3.05) is 14.2 Å². The zero-order valence-corrected chi connectivity index (χ0v) is 12.8. The molecule has 0 heterocycles. The summed E-state index contributed by atoms with van der Waals surface area (Å²) in [6.07, 6.45) is 3.71. The van der Waals surface area contributed by atoms with Gasteiger partial charge in [0.05, 0.1) is 14.2 Å². The van der Waals surface area contributed by atoms with Crippen LogP contribution in [0.4, 0.5) is 0 Å². The van der Waals surface area contributed by atoms with Gasteiger partial charge < -0.3 is 9.47 Å². The SMILES string of the molecule is COc1ccc(/C=C/c2cc(C(=O)N=[N+]=[N-])ccc2OC)cc1. The number of benzene rings is 2. The first-order valence-corrected chi connectivity index (χ1v) is 6.77. The molecular formula is C17H15N3O3. The predicted octanol–water partition coefficient (Wildman–Crippen LogP) is 4.32. The fourth-order valence-corrected chi connectivity index (χ4v) is 2.00. The van der Waals surface area contributed by atoms with Crippen molar-refractivity contribution >= 4 is 18.1 Å². The summed E-state index contributed by atoms with van der Waals surface area (Å²) in [6, 6.07) is 12.4. The van der Waals surface area contributed by atoms with Crippen molar-refractivity contribution in [3.63, 3.8) is 0 Å². The summed E-state index contributed by atoms with van der Waals surface area (Å²) in [5.74, 6) is 0.767. The summed E-state index contributed by atoms with van der Waals surface area (Å²) in [4.78, 5) is 14.2. The average molecular weight is 309 g/mol. The summed E-state index contributed by atoms with van der Waals surface area (Å²) in [7, 11) is 3.16. The van der Waals surface area contributed by atoms with Gasteiger partial charge in [0.2, 0.25) is 5.91 Å². The Morgan fingerprint density at radius 1 is 1.09 bits per heavy atom. The largest absolute Gasteiger partial charge is 0.497 e. The minimum absolute atomic E-state index is 0.304. The minimum Gasteiger partial charge on any atom is -0.497 e. The summed E-state index contributed by atoms with van der Waals surface area (Å²) >= 11 is 0. The predicted molar refractivity (Wildman–Crippen MR) is 88.4 cm³/mol. The summed E-state index contributed by atoms with van der Waals surface area (Å²) in [5.41, 5.74) is 10.3. The Hall–Kier alpha value is -3.24. The molecule has 0 saturated heterocycles. The Bertz CT molecular complexity index is 776.